The summed E-state index contributed by atoms with van der Waals surface area (Å²) in [4.78, 5) is 2.53. The fourth-order valence-corrected chi connectivity index (χ4v) is 3.41. The minimum absolute atomic E-state index is 1.05. The first kappa shape index (κ1) is 14.2. The van der Waals surface area contributed by atoms with Gasteiger partial charge in [-0.05, 0) is 66.6 Å². The van der Waals surface area contributed by atoms with Crippen LogP contribution >= 0.6 is 0 Å². The number of benzene rings is 2. The zero-order valence-electron chi connectivity index (χ0n) is 13.4. The summed E-state index contributed by atoms with van der Waals surface area (Å²) < 4.78 is 0. The molecule has 0 saturated heterocycles. The molecule has 1 nitrogen and oxygen atoms in total. The number of fused-ring (bicyclic) bond motifs is 1. The lowest BCUT2D eigenvalue weighted by atomic mass is 9.95. The third-order valence-corrected chi connectivity index (χ3v) is 4.39. The molecule has 0 bridgehead atoms. The third-order valence-electron chi connectivity index (χ3n) is 4.39. The summed E-state index contributed by atoms with van der Waals surface area (Å²) in [5, 5.41) is 0. The molecule has 0 spiro atoms. The van der Waals surface area contributed by atoms with Crippen LogP contribution in [0.4, 0.5) is 5.69 Å². The van der Waals surface area contributed by atoms with Crippen LogP contribution in [-0.4, -0.2) is 6.54 Å². The van der Waals surface area contributed by atoms with Crippen LogP contribution in [0.3, 0.4) is 0 Å². The third kappa shape index (κ3) is 3.12. The van der Waals surface area contributed by atoms with Crippen LogP contribution in [0.25, 0.3) is 0 Å². The summed E-state index contributed by atoms with van der Waals surface area (Å²) in [6, 6.07) is 14.0. The highest BCUT2D eigenvalue weighted by Gasteiger charge is 2.17. The molecule has 0 aromatic heterocycles. The molecule has 2 aromatic rings. The van der Waals surface area contributed by atoms with E-state index in [4.69, 9.17) is 0 Å². The van der Waals surface area contributed by atoms with Gasteiger partial charge in [0.05, 0.1) is 0 Å². The van der Waals surface area contributed by atoms with E-state index >= 15 is 0 Å². The van der Waals surface area contributed by atoms with Gasteiger partial charge in [-0.2, -0.15) is 0 Å². The molecule has 2 aromatic carbocycles. The van der Waals surface area contributed by atoms with Gasteiger partial charge in [-0.3, -0.25) is 0 Å². The van der Waals surface area contributed by atoms with Gasteiger partial charge in [0.2, 0.25) is 0 Å². The van der Waals surface area contributed by atoms with Crippen LogP contribution in [0.5, 0.6) is 0 Å². The van der Waals surface area contributed by atoms with E-state index in [0.717, 1.165) is 19.5 Å². The van der Waals surface area contributed by atoms with E-state index in [2.05, 4.69) is 62.1 Å². The number of anilines is 1. The van der Waals surface area contributed by atoms with E-state index in [-0.39, 0.29) is 0 Å². The Hall–Kier alpha value is -1.76. The first-order valence-corrected chi connectivity index (χ1v) is 8.09. The standard InChI is InChI=1S/C20H25N/c1-4-5-17-6-7-18-8-9-21(14-19(18)13-17)20-11-15(2)10-16(3)12-20/h6-7,10-13H,4-5,8-9,14H2,1-3H3. The van der Waals surface area contributed by atoms with Crippen molar-refractivity contribution in [2.45, 2.75) is 46.6 Å². The summed E-state index contributed by atoms with van der Waals surface area (Å²) in [6.45, 7) is 8.81. The molecule has 0 amide bonds. The van der Waals surface area contributed by atoms with Crippen molar-refractivity contribution in [3.63, 3.8) is 0 Å². The summed E-state index contributed by atoms with van der Waals surface area (Å²) in [5.74, 6) is 0. The predicted molar refractivity (Wildman–Crippen MR) is 91.1 cm³/mol. The molecule has 0 saturated carbocycles. The molecule has 1 heterocycles. The molecule has 0 unspecified atom stereocenters. The lowest BCUT2D eigenvalue weighted by Gasteiger charge is -2.31. The lowest BCUT2D eigenvalue weighted by Crippen LogP contribution is -2.30. The minimum Gasteiger partial charge on any atom is -0.367 e. The quantitative estimate of drug-likeness (QED) is 0.778. The Morgan fingerprint density at radius 2 is 1.71 bits per heavy atom. The van der Waals surface area contributed by atoms with Crippen molar-refractivity contribution in [2.24, 2.45) is 0 Å². The van der Waals surface area contributed by atoms with Gasteiger partial charge in [0.25, 0.3) is 0 Å². The van der Waals surface area contributed by atoms with Crippen molar-refractivity contribution in [2.75, 3.05) is 11.4 Å². The van der Waals surface area contributed by atoms with E-state index in [9.17, 15) is 0 Å². The summed E-state index contributed by atoms with van der Waals surface area (Å²) in [6.07, 6.45) is 3.57. The van der Waals surface area contributed by atoms with E-state index in [1.54, 1.807) is 0 Å². The summed E-state index contributed by atoms with van der Waals surface area (Å²) in [7, 11) is 0. The second-order valence-corrected chi connectivity index (χ2v) is 6.37. The molecule has 3 rings (SSSR count). The number of hydrogen-bond acceptors (Lipinski definition) is 1. The smallest absolute Gasteiger partial charge is 0.0432 e. The van der Waals surface area contributed by atoms with Crippen LogP contribution < -0.4 is 4.90 Å². The highest BCUT2D eigenvalue weighted by molar-refractivity contribution is 5.53. The van der Waals surface area contributed by atoms with Crippen LogP contribution in [0.15, 0.2) is 36.4 Å². The second-order valence-electron chi connectivity index (χ2n) is 6.37. The van der Waals surface area contributed by atoms with Crippen LogP contribution in [0.1, 0.15) is 41.2 Å². The van der Waals surface area contributed by atoms with Gasteiger partial charge in [0.15, 0.2) is 0 Å². The van der Waals surface area contributed by atoms with Gasteiger partial charge >= 0.3 is 0 Å². The van der Waals surface area contributed by atoms with Gasteiger partial charge in [-0.15, -0.1) is 0 Å². The fraction of sp³-hybridized carbons (Fsp3) is 0.400. The van der Waals surface area contributed by atoms with Gasteiger partial charge in [0.1, 0.15) is 0 Å². The van der Waals surface area contributed by atoms with Crippen molar-refractivity contribution in [1.82, 2.24) is 0 Å². The maximum Gasteiger partial charge on any atom is 0.0432 e. The van der Waals surface area contributed by atoms with Crippen LogP contribution in [0, 0.1) is 13.8 Å². The van der Waals surface area contributed by atoms with Crippen molar-refractivity contribution in [1.29, 1.82) is 0 Å². The lowest BCUT2D eigenvalue weighted by molar-refractivity contribution is 0.728. The summed E-state index contributed by atoms with van der Waals surface area (Å²) in [5.41, 5.74) is 8.63. The largest absolute Gasteiger partial charge is 0.367 e. The molecule has 0 N–H and O–H groups in total. The fourth-order valence-electron chi connectivity index (χ4n) is 3.41. The highest BCUT2D eigenvalue weighted by Crippen LogP contribution is 2.27. The molecular weight excluding hydrogens is 254 g/mol. The first-order chi connectivity index (χ1) is 10.2. The Morgan fingerprint density at radius 1 is 0.952 bits per heavy atom. The molecular formula is C20H25N. The van der Waals surface area contributed by atoms with E-state index in [1.807, 2.05) is 0 Å². The van der Waals surface area contributed by atoms with Crippen molar-refractivity contribution < 1.29 is 0 Å². The minimum atomic E-state index is 1.05. The Labute approximate surface area is 128 Å². The molecule has 0 fully saturated rings. The normalized spacial score (nSPS) is 14.1. The Morgan fingerprint density at radius 3 is 2.43 bits per heavy atom. The van der Waals surface area contributed by atoms with E-state index < -0.39 is 0 Å². The van der Waals surface area contributed by atoms with Crippen molar-refractivity contribution >= 4 is 5.69 Å². The SMILES string of the molecule is CCCc1ccc2c(c1)CN(c1cc(C)cc(C)c1)CC2. The molecule has 21 heavy (non-hydrogen) atoms. The zero-order valence-corrected chi connectivity index (χ0v) is 13.4. The second kappa shape index (κ2) is 5.93. The molecule has 1 heteroatoms. The molecule has 0 aliphatic carbocycles. The van der Waals surface area contributed by atoms with Gasteiger partial charge in [-0.25, -0.2) is 0 Å². The number of nitrogens with zero attached hydrogens (tertiary/aromatic N) is 1. The van der Waals surface area contributed by atoms with Gasteiger partial charge in [-0.1, -0.05) is 37.6 Å². The zero-order chi connectivity index (χ0) is 14.8. The average Bonchev–Trinajstić information content (AvgIpc) is 2.46. The molecule has 0 radical (unpaired) electrons. The Kier molecular flexibility index (Phi) is 4.01. The summed E-state index contributed by atoms with van der Waals surface area (Å²) >= 11 is 0. The predicted octanol–water partition coefficient (Wildman–Crippen LogP) is 4.82. The van der Waals surface area contributed by atoms with Crippen LogP contribution in [-0.2, 0) is 19.4 Å². The van der Waals surface area contributed by atoms with Gasteiger partial charge in [0, 0.05) is 18.8 Å². The maximum atomic E-state index is 2.53. The van der Waals surface area contributed by atoms with E-state index in [1.165, 1.54) is 46.3 Å². The van der Waals surface area contributed by atoms with E-state index in [0.29, 0.717) is 0 Å². The van der Waals surface area contributed by atoms with Gasteiger partial charge < -0.3 is 4.90 Å². The first-order valence-electron chi connectivity index (χ1n) is 8.09. The van der Waals surface area contributed by atoms with Crippen molar-refractivity contribution in [3.8, 4) is 0 Å². The van der Waals surface area contributed by atoms with Crippen molar-refractivity contribution in [3.05, 3.63) is 64.2 Å². The monoisotopic (exact) mass is 279 g/mol. The highest BCUT2D eigenvalue weighted by atomic mass is 15.1. The topological polar surface area (TPSA) is 3.24 Å². The molecule has 0 atom stereocenters. The number of hydrogen-bond donors (Lipinski definition) is 0. The number of rotatable bonds is 3. The molecule has 1 aliphatic heterocycles. The molecule has 110 valence electrons. The maximum absolute atomic E-state index is 2.53. The average molecular weight is 279 g/mol. The molecule has 1 aliphatic rings. The number of aryl methyl sites for hydroxylation is 3. The van der Waals surface area contributed by atoms with Crippen LogP contribution in [0.2, 0.25) is 0 Å². The Balaban J connectivity index is 1.87. The Bertz CT molecular complexity index is 622.